The Hall–Kier alpha value is -3.08. The molecule has 2 aliphatic rings. The quantitative estimate of drug-likeness (QED) is 0.403. The Morgan fingerprint density at radius 2 is 2.00 bits per heavy atom. The molecule has 1 saturated carbocycles. The van der Waals surface area contributed by atoms with Crippen LogP contribution in [0.5, 0.6) is 5.88 Å². The minimum atomic E-state index is -0.804. The van der Waals surface area contributed by atoms with Crippen molar-refractivity contribution in [3.63, 3.8) is 0 Å². The van der Waals surface area contributed by atoms with Crippen LogP contribution in [0.15, 0.2) is 36.7 Å². The van der Waals surface area contributed by atoms with E-state index in [1.807, 2.05) is 18.2 Å². The number of hydrogen-bond donors (Lipinski definition) is 4. The van der Waals surface area contributed by atoms with Crippen LogP contribution in [0.2, 0.25) is 0 Å². The third-order valence-electron chi connectivity index (χ3n) is 6.08. The molecule has 10 heteroatoms. The van der Waals surface area contributed by atoms with Crippen molar-refractivity contribution < 1.29 is 14.6 Å². The number of ether oxygens (including phenoxy) is 1. The van der Waals surface area contributed by atoms with E-state index >= 15 is 0 Å². The van der Waals surface area contributed by atoms with Crippen molar-refractivity contribution in [3.05, 3.63) is 41.7 Å². The van der Waals surface area contributed by atoms with Crippen LogP contribution in [-0.2, 0) is 10.4 Å². The van der Waals surface area contributed by atoms with Crippen molar-refractivity contribution in [1.29, 1.82) is 0 Å². The Labute approximate surface area is 202 Å². The summed E-state index contributed by atoms with van der Waals surface area (Å²) in [6.45, 7) is 3.36. The molecule has 3 aromatic rings. The van der Waals surface area contributed by atoms with Gasteiger partial charge in [-0.1, -0.05) is 0 Å². The van der Waals surface area contributed by atoms with E-state index in [9.17, 15) is 9.90 Å². The molecule has 0 radical (unpaired) electrons. The van der Waals surface area contributed by atoms with E-state index in [0.29, 0.717) is 17.5 Å². The fourth-order valence-electron chi connectivity index (χ4n) is 4.15. The molecule has 1 aromatic carbocycles. The molecule has 0 unspecified atom stereocenters. The molecule has 4 N–H and O–H groups in total. The first-order valence-corrected chi connectivity index (χ1v) is 12.4. The van der Waals surface area contributed by atoms with Crippen molar-refractivity contribution in [2.24, 2.45) is 0 Å². The summed E-state index contributed by atoms with van der Waals surface area (Å²) >= 11 is 1.48. The number of piperidine rings is 1. The number of thiazole rings is 1. The number of carbonyl (C=O) groups excluding carboxylic acids is 1. The van der Waals surface area contributed by atoms with E-state index in [-0.39, 0.29) is 12.0 Å². The lowest BCUT2D eigenvalue weighted by atomic mass is 9.81. The third kappa shape index (κ3) is 5.19. The highest BCUT2D eigenvalue weighted by Crippen LogP contribution is 2.44. The van der Waals surface area contributed by atoms with Crippen LogP contribution in [0.1, 0.15) is 44.0 Å². The van der Waals surface area contributed by atoms with Gasteiger partial charge in [0.25, 0.3) is 0 Å². The van der Waals surface area contributed by atoms with E-state index in [2.05, 4.69) is 30.9 Å². The average molecular weight is 481 g/mol. The lowest BCUT2D eigenvalue weighted by Crippen LogP contribution is -2.34. The Balaban J connectivity index is 1.39. The van der Waals surface area contributed by atoms with Gasteiger partial charge in [0.15, 0.2) is 0 Å². The second-order valence-corrected chi connectivity index (χ2v) is 9.84. The van der Waals surface area contributed by atoms with Crippen LogP contribution >= 0.6 is 11.3 Å². The highest BCUT2D eigenvalue weighted by atomic mass is 32.1. The number of aromatic nitrogens is 3. The maximum atomic E-state index is 11.7. The van der Waals surface area contributed by atoms with E-state index in [1.165, 1.54) is 18.3 Å². The zero-order valence-electron chi connectivity index (χ0n) is 19.0. The molecule has 9 nitrogen and oxygen atoms in total. The molecule has 1 aliphatic heterocycles. The first kappa shape index (κ1) is 22.7. The van der Waals surface area contributed by atoms with Crippen LogP contribution in [0.25, 0.3) is 10.4 Å². The first-order valence-electron chi connectivity index (χ1n) is 11.6. The van der Waals surface area contributed by atoms with Gasteiger partial charge in [0.05, 0.1) is 4.88 Å². The molecule has 34 heavy (non-hydrogen) atoms. The zero-order chi connectivity index (χ0) is 23.5. The van der Waals surface area contributed by atoms with E-state index < -0.39 is 5.60 Å². The fourth-order valence-corrected chi connectivity index (χ4v) is 5.20. The summed E-state index contributed by atoms with van der Waals surface area (Å²) in [5, 5.41) is 20.8. The normalized spacial score (nSPS) is 17.6. The largest absolute Gasteiger partial charge is 0.474 e. The Morgan fingerprint density at radius 3 is 2.74 bits per heavy atom. The van der Waals surface area contributed by atoms with E-state index in [0.717, 1.165) is 66.3 Å². The van der Waals surface area contributed by atoms with E-state index in [1.54, 1.807) is 18.5 Å². The summed E-state index contributed by atoms with van der Waals surface area (Å²) in [5.74, 6) is 0.778. The third-order valence-corrected chi connectivity index (χ3v) is 7.32. The Kier molecular flexibility index (Phi) is 6.44. The van der Waals surface area contributed by atoms with Gasteiger partial charge < -0.3 is 25.8 Å². The SMILES string of the molecule is CC(=O)Nc1cc(Nc2nccc(OC3CCNCC3)n2)cc(-c2cnc(C3(O)CCC3)s2)c1. The average Bonchev–Trinajstić information content (AvgIpc) is 3.29. The molecule has 2 aromatic heterocycles. The van der Waals surface area contributed by atoms with Crippen LogP contribution in [0, 0.1) is 0 Å². The predicted octanol–water partition coefficient (Wildman–Crippen LogP) is 3.80. The number of anilines is 3. The number of amides is 1. The summed E-state index contributed by atoms with van der Waals surface area (Å²) in [4.78, 5) is 26.0. The van der Waals surface area contributed by atoms with Crippen molar-refractivity contribution >= 4 is 34.6 Å². The smallest absolute Gasteiger partial charge is 0.230 e. The van der Waals surface area contributed by atoms with Crippen molar-refractivity contribution in [1.82, 2.24) is 20.3 Å². The minimum Gasteiger partial charge on any atom is -0.474 e. The van der Waals surface area contributed by atoms with Gasteiger partial charge in [-0.3, -0.25) is 4.79 Å². The van der Waals surface area contributed by atoms with Crippen LogP contribution in [0.3, 0.4) is 0 Å². The standard InChI is InChI=1S/C24H28N6O3S/c1-15(31)28-17-11-16(20-14-27-22(34-20)24(32)6-2-7-24)12-18(13-17)29-23-26-10-5-21(30-23)33-19-3-8-25-9-4-19/h5,10-14,19,25,32H,2-4,6-9H2,1H3,(H,28,31)(H,26,29,30). The zero-order valence-corrected chi connectivity index (χ0v) is 19.8. The maximum Gasteiger partial charge on any atom is 0.230 e. The Bertz CT molecular complexity index is 1170. The molecule has 1 aliphatic carbocycles. The number of aliphatic hydroxyl groups is 1. The number of hydrogen-bond acceptors (Lipinski definition) is 9. The first-order chi connectivity index (χ1) is 16.5. The molecular formula is C24H28N6O3S. The molecule has 2 fully saturated rings. The van der Waals surface area contributed by atoms with Crippen LogP contribution in [-0.4, -0.2) is 45.2 Å². The number of rotatable bonds is 7. The van der Waals surface area contributed by atoms with Gasteiger partial charge in [-0.2, -0.15) is 4.98 Å². The second kappa shape index (κ2) is 9.65. The lowest BCUT2D eigenvalue weighted by Gasteiger charge is -2.34. The fraction of sp³-hybridized carbons (Fsp3) is 0.417. The second-order valence-electron chi connectivity index (χ2n) is 8.81. The summed E-state index contributed by atoms with van der Waals surface area (Å²) in [5.41, 5.74) is 1.44. The van der Waals surface area contributed by atoms with Gasteiger partial charge >= 0.3 is 0 Å². The van der Waals surface area contributed by atoms with Gasteiger partial charge in [-0.05, 0) is 69.0 Å². The molecule has 178 valence electrons. The summed E-state index contributed by atoms with van der Waals surface area (Å²) in [6.07, 6.45) is 7.97. The molecule has 3 heterocycles. The monoisotopic (exact) mass is 480 g/mol. The summed E-state index contributed by atoms with van der Waals surface area (Å²) in [6, 6.07) is 7.44. The highest BCUT2D eigenvalue weighted by Gasteiger charge is 2.39. The van der Waals surface area contributed by atoms with Gasteiger partial charge in [-0.15, -0.1) is 11.3 Å². The van der Waals surface area contributed by atoms with Gasteiger partial charge in [0.1, 0.15) is 16.7 Å². The maximum absolute atomic E-state index is 11.7. The Morgan fingerprint density at radius 1 is 1.21 bits per heavy atom. The lowest BCUT2D eigenvalue weighted by molar-refractivity contribution is -0.114. The summed E-state index contributed by atoms with van der Waals surface area (Å²) < 4.78 is 6.04. The number of carbonyl (C=O) groups is 1. The number of nitrogens with zero attached hydrogens (tertiary/aromatic N) is 3. The molecule has 1 amide bonds. The minimum absolute atomic E-state index is 0.143. The van der Waals surface area contributed by atoms with Gasteiger partial charge in [-0.25, -0.2) is 9.97 Å². The molecule has 5 rings (SSSR count). The molecule has 0 spiro atoms. The molecule has 0 atom stereocenters. The van der Waals surface area contributed by atoms with Gasteiger partial charge in [0, 0.05) is 36.8 Å². The molecule has 0 bridgehead atoms. The van der Waals surface area contributed by atoms with Gasteiger partial charge in [0.2, 0.25) is 17.7 Å². The number of nitrogens with one attached hydrogen (secondary N) is 3. The molecular weight excluding hydrogens is 452 g/mol. The van der Waals surface area contributed by atoms with Crippen molar-refractivity contribution in [2.45, 2.75) is 50.7 Å². The predicted molar refractivity (Wildman–Crippen MR) is 131 cm³/mol. The van der Waals surface area contributed by atoms with Crippen LogP contribution in [0.4, 0.5) is 17.3 Å². The van der Waals surface area contributed by atoms with Crippen LogP contribution < -0.4 is 20.7 Å². The van der Waals surface area contributed by atoms with E-state index in [4.69, 9.17) is 4.74 Å². The van der Waals surface area contributed by atoms with Crippen molar-refractivity contribution in [3.8, 4) is 16.3 Å². The molecule has 1 saturated heterocycles. The highest BCUT2D eigenvalue weighted by molar-refractivity contribution is 7.15. The van der Waals surface area contributed by atoms with Crippen molar-refractivity contribution in [2.75, 3.05) is 23.7 Å². The summed E-state index contributed by atoms with van der Waals surface area (Å²) in [7, 11) is 0. The number of benzene rings is 1. The topological polar surface area (TPSA) is 121 Å².